The molecule has 0 radical (unpaired) electrons. The molecule has 2 aliphatic rings. The summed E-state index contributed by atoms with van der Waals surface area (Å²) in [6.07, 6.45) is 9.41. The van der Waals surface area contributed by atoms with Crippen LogP contribution >= 0.6 is 0 Å². The average molecular weight is 345 g/mol. The second-order valence-electron chi connectivity index (χ2n) is 7.20. The molecule has 3 rings (SSSR count). The van der Waals surface area contributed by atoms with Crippen LogP contribution in [0.2, 0.25) is 0 Å². The third-order valence-electron chi connectivity index (χ3n) is 5.43. The van der Waals surface area contributed by atoms with Crippen LogP contribution in [0.15, 0.2) is 24.5 Å². The van der Waals surface area contributed by atoms with Crippen molar-refractivity contribution in [2.75, 3.05) is 13.1 Å². The highest BCUT2D eigenvalue weighted by atomic mass is 16.4. The smallest absolute Gasteiger partial charge is 0.306 e. The summed E-state index contributed by atoms with van der Waals surface area (Å²) in [4.78, 5) is 29.8. The van der Waals surface area contributed by atoms with Crippen LogP contribution in [0, 0.1) is 5.92 Å². The van der Waals surface area contributed by atoms with Gasteiger partial charge >= 0.3 is 5.97 Å². The van der Waals surface area contributed by atoms with E-state index >= 15 is 0 Å². The molecule has 1 amide bonds. The fourth-order valence-corrected chi connectivity index (χ4v) is 4.12. The number of aromatic nitrogens is 1. The van der Waals surface area contributed by atoms with Crippen LogP contribution in [0.1, 0.15) is 56.6 Å². The SMILES string of the molecule is O=C(CCCN1CCCC1c1cccnc1)N[C@H]1CC[C@@H](C(=O)O)C1. The Labute approximate surface area is 148 Å². The molecule has 2 N–H and O–H groups in total. The fourth-order valence-electron chi connectivity index (χ4n) is 4.12. The number of hydrogen-bond acceptors (Lipinski definition) is 4. The number of nitrogens with zero attached hydrogens (tertiary/aromatic N) is 2. The standard InChI is InChI=1S/C19H27N3O3/c23-18(21-16-8-7-14(12-16)19(24)25)6-3-11-22-10-2-5-17(22)15-4-1-9-20-13-15/h1,4,9,13-14,16-17H,2-3,5-8,10-12H2,(H,21,23)(H,24,25)/t14-,16+,17?/m1/s1. The van der Waals surface area contributed by atoms with Crippen molar-refractivity contribution in [1.29, 1.82) is 0 Å². The van der Waals surface area contributed by atoms with Gasteiger partial charge in [-0.05, 0) is 63.2 Å². The molecule has 0 spiro atoms. The lowest BCUT2D eigenvalue weighted by Gasteiger charge is -2.24. The first kappa shape index (κ1) is 17.9. The number of hydrogen-bond donors (Lipinski definition) is 2. The zero-order chi connectivity index (χ0) is 17.6. The van der Waals surface area contributed by atoms with Crippen LogP contribution < -0.4 is 5.32 Å². The summed E-state index contributed by atoms with van der Waals surface area (Å²) in [5.74, 6) is -0.990. The van der Waals surface area contributed by atoms with E-state index in [0.29, 0.717) is 25.3 Å². The van der Waals surface area contributed by atoms with Crippen molar-refractivity contribution in [2.45, 2.75) is 57.0 Å². The summed E-state index contributed by atoms with van der Waals surface area (Å²) in [5.41, 5.74) is 1.26. The number of carbonyl (C=O) groups is 2. The Morgan fingerprint density at radius 2 is 2.20 bits per heavy atom. The second-order valence-corrected chi connectivity index (χ2v) is 7.20. The summed E-state index contributed by atoms with van der Waals surface area (Å²) in [7, 11) is 0. The van der Waals surface area contributed by atoms with Crippen LogP contribution in [0.25, 0.3) is 0 Å². The van der Waals surface area contributed by atoms with Crippen LogP contribution in [0.5, 0.6) is 0 Å². The molecule has 6 heteroatoms. The lowest BCUT2D eigenvalue weighted by molar-refractivity contribution is -0.141. The number of carbonyl (C=O) groups excluding carboxylic acids is 1. The molecule has 1 aliphatic heterocycles. The third-order valence-corrected chi connectivity index (χ3v) is 5.43. The van der Waals surface area contributed by atoms with Crippen molar-refractivity contribution in [3.8, 4) is 0 Å². The topological polar surface area (TPSA) is 82.5 Å². The van der Waals surface area contributed by atoms with Crippen molar-refractivity contribution in [3.63, 3.8) is 0 Å². The van der Waals surface area contributed by atoms with Gasteiger partial charge in [-0.2, -0.15) is 0 Å². The van der Waals surface area contributed by atoms with Crippen molar-refractivity contribution < 1.29 is 14.7 Å². The predicted octanol–water partition coefficient (Wildman–Crippen LogP) is 2.37. The van der Waals surface area contributed by atoms with Gasteiger partial charge in [-0.15, -0.1) is 0 Å². The lowest BCUT2D eigenvalue weighted by atomic mass is 10.1. The molecule has 1 aromatic rings. The van der Waals surface area contributed by atoms with Gasteiger partial charge in [-0.1, -0.05) is 6.07 Å². The van der Waals surface area contributed by atoms with Gasteiger partial charge in [0.2, 0.25) is 5.91 Å². The largest absolute Gasteiger partial charge is 0.481 e. The molecule has 1 aliphatic carbocycles. The Bertz CT molecular complexity index is 593. The Balaban J connectivity index is 1.39. The van der Waals surface area contributed by atoms with Crippen LogP contribution in [-0.2, 0) is 9.59 Å². The number of carboxylic acids is 1. The van der Waals surface area contributed by atoms with E-state index in [-0.39, 0.29) is 17.9 Å². The van der Waals surface area contributed by atoms with Crippen LogP contribution in [0.3, 0.4) is 0 Å². The number of amides is 1. The number of pyridine rings is 1. The van der Waals surface area contributed by atoms with Crippen molar-refractivity contribution >= 4 is 11.9 Å². The van der Waals surface area contributed by atoms with E-state index in [0.717, 1.165) is 32.4 Å². The quantitative estimate of drug-likeness (QED) is 0.793. The molecule has 136 valence electrons. The molecule has 0 aromatic carbocycles. The van der Waals surface area contributed by atoms with Crippen LogP contribution in [-0.4, -0.2) is 46.0 Å². The molecular formula is C19H27N3O3. The summed E-state index contributed by atoms with van der Waals surface area (Å²) >= 11 is 0. The fraction of sp³-hybridized carbons (Fsp3) is 0.632. The first-order valence-electron chi connectivity index (χ1n) is 9.29. The van der Waals surface area contributed by atoms with E-state index in [2.05, 4.69) is 21.3 Å². The molecule has 2 heterocycles. The minimum atomic E-state index is -0.743. The maximum atomic E-state index is 12.1. The number of rotatable bonds is 7. The maximum absolute atomic E-state index is 12.1. The second kappa shape index (κ2) is 8.43. The Kier molecular flexibility index (Phi) is 6.02. The third kappa shape index (κ3) is 4.78. The minimum absolute atomic E-state index is 0.0310. The monoisotopic (exact) mass is 345 g/mol. The van der Waals surface area contributed by atoms with E-state index in [1.165, 1.54) is 12.0 Å². The highest BCUT2D eigenvalue weighted by molar-refractivity contribution is 5.76. The first-order valence-corrected chi connectivity index (χ1v) is 9.29. The molecule has 0 bridgehead atoms. The zero-order valence-electron chi connectivity index (χ0n) is 14.6. The molecule has 1 aromatic heterocycles. The number of likely N-dealkylation sites (tertiary alicyclic amines) is 1. The first-order chi connectivity index (χ1) is 12.1. The number of carboxylic acid groups (broad SMARTS) is 1. The molecule has 3 atom stereocenters. The van der Waals surface area contributed by atoms with Gasteiger partial charge in [0.15, 0.2) is 0 Å². The van der Waals surface area contributed by atoms with E-state index < -0.39 is 5.97 Å². The van der Waals surface area contributed by atoms with Gasteiger partial charge in [0.05, 0.1) is 5.92 Å². The molecule has 25 heavy (non-hydrogen) atoms. The maximum Gasteiger partial charge on any atom is 0.306 e. The Morgan fingerprint density at radius 3 is 2.92 bits per heavy atom. The normalized spacial score (nSPS) is 26.6. The summed E-state index contributed by atoms with van der Waals surface area (Å²) < 4.78 is 0. The van der Waals surface area contributed by atoms with E-state index in [1.807, 2.05) is 12.3 Å². The van der Waals surface area contributed by atoms with Gasteiger partial charge in [0, 0.05) is 30.9 Å². The van der Waals surface area contributed by atoms with E-state index in [1.54, 1.807) is 6.20 Å². The Morgan fingerprint density at radius 1 is 1.32 bits per heavy atom. The van der Waals surface area contributed by atoms with Crippen LogP contribution in [0.4, 0.5) is 0 Å². The highest BCUT2D eigenvalue weighted by Crippen LogP contribution is 2.31. The van der Waals surface area contributed by atoms with Gasteiger partial charge in [-0.25, -0.2) is 0 Å². The number of nitrogens with one attached hydrogen (secondary N) is 1. The molecule has 6 nitrogen and oxygen atoms in total. The lowest BCUT2D eigenvalue weighted by Crippen LogP contribution is -2.34. The summed E-state index contributed by atoms with van der Waals surface area (Å²) in [5, 5.41) is 12.0. The molecule has 1 saturated heterocycles. The molecule has 1 saturated carbocycles. The molecule has 1 unspecified atom stereocenters. The van der Waals surface area contributed by atoms with Gasteiger partial charge in [-0.3, -0.25) is 19.5 Å². The van der Waals surface area contributed by atoms with Gasteiger partial charge < -0.3 is 10.4 Å². The van der Waals surface area contributed by atoms with Crippen molar-refractivity contribution in [3.05, 3.63) is 30.1 Å². The van der Waals surface area contributed by atoms with Gasteiger partial charge in [0.1, 0.15) is 0 Å². The van der Waals surface area contributed by atoms with E-state index in [9.17, 15) is 9.59 Å². The zero-order valence-corrected chi connectivity index (χ0v) is 14.6. The number of aliphatic carboxylic acids is 1. The van der Waals surface area contributed by atoms with E-state index in [4.69, 9.17) is 5.11 Å². The molecule has 2 fully saturated rings. The summed E-state index contributed by atoms with van der Waals surface area (Å²) in [6.45, 7) is 1.99. The van der Waals surface area contributed by atoms with Gasteiger partial charge in [0.25, 0.3) is 0 Å². The summed E-state index contributed by atoms with van der Waals surface area (Å²) in [6, 6.07) is 4.55. The highest BCUT2D eigenvalue weighted by Gasteiger charge is 2.30. The predicted molar refractivity (Wildman–Crippen MR) is 93.9 cm³/mol. The van der Waals surface area contributed by atoms with Crippen molar-refractivity contribution in [1.82, 2.24) is 15.2 Å². The molecular weight excluding hydrogens is 318 g/mol. The average Bonchev–Trinajstić information content (AvgIpc) is 3.25. The van der Waals surface area contributed by atoms with Crippen molar-refractivity contribution in [2.24, 2.45) is 5.92 Å². The Hall–Kier alpha value is -1.95. The minimum Gasteiger partial charge on any atom is -0.481 e.